The molecular weight excluding hydrogens is 822 g/mol. The monoisotopic (exact) mass is 858 g/mol. The second-order valence-electron chi connectivity index (χ2n) is 15.4. The first-order valence-corrected chi connectivity index (χ1v) is 25.4. The van der Waals surface area contributed by atoms with E-state index < -0.39 is 21.9 Å². The molecule has 2 aliphatic rings. The average molecular weight is 859 g/mol. The van der Waals surface area contributed by atoms with Crippen LogP contribution in [0, 0.1) is 0 Å². The van der Waals surface area contributed by atoms with Crippen LogP contribution in [0.3, 0.4) is 0 Å². The smallest absolute Gasteiger partial charge is 0.307 e. The fourth-order valence-corrected chi connectivity index (χ4v) is 16.0. The molecule has 9 aromatic carbocycles. The van der Waals surface area contributed by atoms with Crippen molar-refractivity contribution < 1.29 is 22.7 Å². The molecule has 5 nitrogen and oxygen atoms in total. The highest BCUT2D eigenvalue weighted by Crippen LogP contribution is 2.58. The largest absolute Gasteiger partial charge is 0.436 e. The van der Waals surface area contributed by atoms with Gasteiger partial charge in [0.1, 0.15) is 11.5 Å². The Morgan fingerprint density at radius 1 is 0.306 bits per heavy atom. The van der Waals surface area contributed by atoms with Crippen molar-refractivity contribution in [3.8, 4) is 56.0 Å². The minimum Gasteiger partial charge on any atom is -0.436 e. The summed E-state index contributed by atoms with van der Waals surface area (Å²) in [7, 11) is -10.9. The molecule has 0 aromatic heterocycles. The van der Waals surface area contributed by atoms with Crippen LogP contribution in [0.2, 0.25) is 0 Å². The molecule has 0 aliphatic carbocycles. The first kappa shape index (κ1) is 38.2. The van der Waals surface area contributed by atoms with E-state index in [2.05, 4.69) is 0 Å². The van der Waals surface area contributed by atoms with E-state index in [-0.39, 0.29) is 0 Å². The maximum atomic E-state index is 15.9. The molecule has 9 aromatic rings. The van der Waals surface area contributed by atoms with Gasteiger partial charge in [0.25, 0.3) is 0 Å². The first-order valence-electron chi connectivity index (χ1n) is 20.4. The van der Waals surface area contributed by atoms with Crippen LogP contribution in [-0.4, -0.2) is 0 Å². The third-order valence-electron chi connectivity index (χ3n) is 11.9. The number of fused-ring (bicyclic) bond motifs is 6. The Morgan fingerprint density at radius 2 is 0.629 bits per heavy atom. The van der Waals surface area contributed by atoms with Crippen LogP contribution in [0.15, 0.2) is 224 Å². The third-order valence-corrected chi connectivity index (χ3v) is 19.8. The molecule has 2 unspecified atom stereocenters. The summed E-state index contributed by atoms with van der Waals surface area (Å²) < 4.78 is 60.2. The summed E-state index contributed by atoms with van der Waals surface area (Å²) in [6, 6.07) is 71.2. The zero-order valence-electron chi connectivity index (χ0n) is 33.2. The van der Waals surface area contributed by atoms with Gasteiger partial charge in [-0.2, -0.15) is 0 Å². The molecule has 2 aliphatic heterocycles. The molecule has 8 heteroatoms. The summed E-state index contributed by atoms with van der Waals surface area (Å²) in [5, 5.41) is 4.00. The average Bonchev–Trinajstić information content (AvgIpc) is 3.34. The van der Waals surface area contributed by atoms with Crippen molar-refractivity contribution in [2.24, 2.45) is 0 Å². The lowest BCUT2D eigenvalue weighted by atomic mass is 9.97. The second kappa shape index (κ2) is 15.0. The minimum atomic E-state index is -3.69. The highest BCUT2D eigenvalue weighted by Gasteiger charge is 2.41. The van der Waals surface area contributed by atoms with Gasteiger partial charge >= 0.3 is 14.7 Å². The topological polar surface area (TPSA) is 69.7 Å². The van der Waals surface area contributed by atoms with Crippen LogP contribution >= 0.6 is 21.9 Å². The molecule has 62 heavy (non-hydrogen) atoms. The maximum absolute atomic E-state index is 15.9. The number of para-hydroxylation sites is 2. The molecule has 11 rings (SSSR count). The van der Waals surface area contributed by atoms with E-state index >= 15 is 13.7 Å². The second-order valence-corrected chi connectivity index (χ2v) is 22.7. The molecule has 2 atom stereocenters. The highest BCUT2D eigenvalue weighted by atomic mass is 31.2. The van der Waals surface area contributed by atoms with Crippen LogP contribution < -0.4 is 46.2 Å². The number of benzene rings is 9. The first-order chi connectivity index (χ1) is 30.4. The van der Waals surface area contributed by atoms with Gasteiger partial charge in [-0.1, -0.05) is 164 Å². The van der Waals surface area contributed by atoms with E-state index in [1.54, 1.807) is 24.3 Å². The van der Waals surface area contributed by atoms with Crippen LogP contribution in [-0.2, 0) is 13.7 Å². The number of rotatable bonds is 7. The number of hydrogen-bond donors (Lipinski definition) is 0. The van der Waals surface area contributed by atoms with Crippen molar-refractivity contribution >= 4 is 59.0 Å². The van der Waals surface area contributed by atoms with E-state index in [1.807, 2.05) is 200 Å². The van der Waals surface area contributed by atoms with Gasteiger partial charge in [-0.05, 0) is 82.9 Å². The van der Waals surface area contributed by atoms with Crippen LogP contribution in [0.25, 0.3) is 44.5 Å². The lowest BCUT2D eigenvalue weighted by Gasteiger charge is -2.31. The van der Waals surface area contributed by atoms with Gasteiger partial charge in [-0.15, -0.1) is 0 Å². The summed E-state index contributed by atoms with van der Waals surface area (Å²) in [6.07, 6.45) is 0. The normalized spacial score (nSPS) is 18.1. The Kier molecular flexibility index (Phi) is 9.25. The Labute approximate surface area is 360 Å². The highest BCUT2D eigenvalue weighted by molar-refractivity contribution is 7.85. The van der Waals surface area contributed by atoms with Gasteiger partial charge in [0.05, 0.1) is 21.2 Å². The Bertz CT molecular complexity index is 3080. The summed E-state index contributed by atoms with van der Waals surface area (Å²) in [5.41, 5.74) is 7.13. The summed E-state index contributed by atoms with van der Waals surface area (Å²) in [5.74, 6) is 1.14. The van der Waals surface area contributed by atoms with E-state index in [0.29, 0.717) is 48.6 Å². The van der Waals surface area contributed by atoms with Crippen molar-refractivity contribution in [2.75, 3.05) is 0 Å². The van der Waals surface area contributed by atoms with Crippen molar-refractivity contribution in [3.05, 3.63) is 224 Å². The third kappa shape index (κ3) is 6.04. The van der Waals surface area contributed by atoms with Gasteiger partial charge in [0, 0.05) is 38.2 Å². The summed E-state index contributed by atoms with van der Waals surface area (Å²) in [4.78, 5) is 0. The zero-order valence-corrected chi connectivity index (χ0v) is 35.9. The molecule has 0 N–H and O–H groups in total. The molecule has 0 saturated heterocycles. The Balaban J connectivity index is 0.992. The van der Waals surface area contributed by atoms with Gasteiger partial charge in [0.2, 0.25) is 0 Å². The van der Waals surface area contributed by atoms with E-state index in [4.69, 9.17) is 9.05 Å². The van der Waals surface area contributed by atoms with Crippen molar-refractivity contribution in [2.45, 2.75) is 0 Å². The van der Waals surface area contributed by atoms with Crippen LogP contribution in [0.4, 0.5) is 0 Å². The molecule has 0 spiro atoms. The summed E-state index contributed by atoms with van der Waals surface area (Å²) in [6.45, 7) is 0. The quantitative estimate of drug-likeness (QED) is 0.149. The molecule has 0 saturated carbocycles. The predicted molar refractivity (Wildman–Crippen MR) is 255 cm³/mol. The van der Waals surface area contributed by atoms with Crippen molar-refractivity contribution in [3.63, 3.8) is 0 Å². The molecule has 2 heterocycles. The fourth-order valence-electron chi connectivity index (χ4n) is 8.84. The number of hydrogen-bond acceptors (Lipinski definition) is 5. The van der Waals surface area contributed by atoms with Gasteiger partial charge in [0.15, 0.2) is 7.14 Å². The fraction of sp³-hybridized carbons (Fsp3) is 0. The van der Waals surface area contributed by atoms with E-state index in [0.717, 1.165) is 44.5 Å². The van der Waals surface area contributed by atoms with Crippen LogP contribution in [0.1, 0.15) is 0 Å². The van der Waals surface area contributed by atoms with E-state index in [9.17, 15) is 0 Å². The molecule has 0 fully saturated rings. The molecule has 298 valence electrons. The standard InChI is InChI=1S/C54H37O5P3/c55-60(40-20-8-3-9-21-40,41-30-34-43(35-31-41)61(56)51-28-12-10-22-47(51)49-26-14-24-45(53(49)58-61)38-16-4-1-5-17-38)42-32-36-44(37-33-42)62(57)52-29-13-11-23-48(52)50-27-15-25-46(54(50)59-62)39-18-6-2-7-19-39/h1-37H. The van der Waals surface area contributed by atoms with Crippen molar-refractivity contribution in [1.29, 1.82) is 0 Å². The molecule has 0 amide bonds. The Hall–Kier alpha value is -6.73. The lowest BCUT2D eigenvalue weighted by Crippen LogP contribution is -2.29. The van der Waals surface area contributed by atoms with E-state index in [1.165, 1.54) is 0 Å². The summed E-state index contributed by atoms with van der Waals surface area (Å²) >= 11 is 0. The Morgan fingerprint density at radius 3 is 1.05 bits per heavy atom. The maximum Gasteiger partial charge on any atom is 0.307 e. The molecule has 0 bridgehead atoms. The SMILES string of the molecule is O=P1(c2ccc(P(=O)(c3ccccc3)c3ccc(P4(=O)Oc5c(-c6ccccc6)cccc5-c5ccccc54)cc3)cc2)Oc2c(-c3ccccc3)cccc2-c2ccccc21. The van der Waals surface area contributed by atoms with Gasteiger partial charge in [-0.3, -0.25) is 9.13 Å². The van der Waals surface area contributed by atoms with Crippen LogP contribution in [0.5, 0.6) is 11.5 Å². The van der Waals surface area contributed by atoms with Gasteiger partial charge < -0.3 is 13.6 Å². The van der Waals surface area contributed by atoms with Crippen molar-refractivity contribution in [1.82, 2.24) is 0 Å². The molecular formula is C54H37O5P3. The zero-order chi connectivity index (χ0) is 41.9. The molecule has 0 radical (unpaired) electrons. The lowest BCUT2D eigenvalue weighted by molar-refractivity contribution is 0.501. The minimum absolute atomic E-state index is 0.499. The van der Waals surface area contributed by atoms with Gasteiger partial charge in [-0.25, -0.2) is 0 Å². The predicted octanol–water partition coefficient (Wildman–Crippen LogP) is 11.2.